The van der Waals surface area contributed by atoms with E-state index in [2.05, 4.69) is 4.99 Å². The summed E-state index contributed by atoms with van der Waals surface area (Å²) in [4.78, 5) is 4.10. The van der Waals surface area contributed by atoms with Crippen LogP contribution < -0.4 is 5.73 Å². The van der Waals surface area contributed by atoms with Crippen LogP contribution in [0.2, 0.25) is 0 Å². The number of alkyl halides is 1. The number of aliphatic imine (C=N–C) groups is 1. The van der Waals surface area contributed by atoms with Crippen molar-refractivity contribution in [3.63, 3.8) is 0 Å². The highest BCUT2D eigenvalue weighted by Crippen LogP contribution is 2.34. The van der Waals surface area contributed by atoms with Crippen molar-refractivity contribution in [2.75, 3.05) is 20.4 Å². The van der Waals surface area contributed by atoms with E-state index in [9.17, 15) is 4.39 Å². The molecule has 0 aromatic heterocycles. The molecule has 0 aliphatic carbocycles. The standard InChI is InChI=1S/C11H21FN2O2/c1-4-8-9(5-6-15-3)16-10(13)14-11(8,2)7-12/h8-9H,4-7H2,1-3H3,(H2,13,14)/t8-,9+,11-/m0/s1. The molecule has 16 heavy (non-hydrogen) atoms. The summed E-state index contributed by atoms with van der Waals surface area (Å²) in [5.74, 6) is 0.0416. The predicted octanol–water partition coefficient (Wildman–Crippen LogP) is 1.49. The summed E-state index contributed by atoms with van der Waals surface area (Å²) in [6.07, 6.45) is 1.41. The van der Waals surface area contributed by atoms with Gasteiger partial charge in [0.2, 0.25) is 0 Å². The Bertz CT molecular complexity index is 260. The molecule has 0 amide bonds. The minimum atomic E-state index is -0.754. The maximum atomic E-state index is 13.1. The Hall–Kier alpha value is -0.840. The van der Waals surface area contributed by atoms with E-state index < -0.39 is 12.2 Å². The fourth-order valence-electron chi connectivity index (χ4n) is 2.32. The lowest BCUT2D eigenvalue weighted by Gasteiger charge is -2.40. The van der Waals surface area contributed by atoms with E-state index in [4.69, 9.17) is 15.2 Å². The molecule has 0 bridgehead atoms. The molecule has 1 aliphatic heterocycles. The van der Waals surface area contributed by atoms with Crippen LogP contribution in [0, 0.1) is 5.92 Å². The number of amidine groups is 1. The molecule has 0 aromatic carbocycles. The fourth-order valence-corrected chi connectivity index (χ4v) is 2.32. The van der Waals surface area contributed by atoms with Gasteiger partial charge in [-0.2, -0.15) is 0 Å². The SMILES string of the molecule is CC[C@H]1[C@@H](CCOC)OC(N)=N[C@@]1(C)CF. The second-order valence-corrected chi connectivity index (χ2v) is 4.39. The maximum absolute atomic E-state index is 13.1. The fraction of sp³-hybridized carbons (Fsp3) is 0.909. The summed E-state index contributed by atoms with van der Waals surface area (Å²) < 4.78 is 23.6. The third kappa shape index (κ3) is 2.64. The van der Waals surface area contributed by atoms with Crippen LogP contribution in [0.1, 0.15) is 26.7 Å². The average Bonchev–Trinajstić information content (AvgIpc) is 2.25. The van der Waals surface area contributed by atoms with Gasteiger partial charge in [-0.15, -0.1) is 0 Å². The lowest BCUT2D eigenvalue weighted by atomic mass is 9.79. The van der Waals surface area contributed by atoms with Gasteiger partial charge in [0.1, 0.15) is 12.8 Å². The van der Waals surface area contributed by atoms with Gasteiger partial charge in [-0.1, -0.05) is 6.92 Å². The zero-order valence-electron chi connectivity index (χ0n) is 10.2. The molecule has 0 fully saturated rings. The summed E-state index contributed by atoms with van der Waals surface area (Å²) in [7, 11) is 1.63. The van der Waals surface area contributed by atoms with E-state index in [-0.39, 0.29) is 18.0 Å². The average molecular weight is 232 g/mol. The van der Waals surface area contributed by atoms with Crippen LogP contribution in [0.25, 0.3) is 0 Å². The molecule has 2 N–H and O–H groups in total. The molecule has 1 heterocycles. The van der Waals surface area contributed by atoms with Crippen molar-refractivity contribution in [1.82, 2.24) is 0 Å². The number of rotatable bonds is 5. The molecule has 4 nitrogen and oxygen atoms in total. The second kappa shape index (κ2) is 5.48. The molecule has 0 unspecified atom stereocenters. The molecule has 5 heteroatoms. The molecule has 3 atom stereocenters. The van der Waals surface area contributed by atoms with Crippen LogP contribution in [0.4, 0.5) is 4.39 Å². The summed E-state index contributed by atoms with van der Waals surface area (Å²) in [6, 6.07) is 0.0888. The molecular formula is C11H21FN2O2. The first-order valence-electron chi connectivity index (χ1n) is 5.64. The Kier molecular flexibility index (Phi) is 4.53. The zero-order valence-corrected chi connectivity index (χ0v) is 10.2. The minimum absolute atomic E-state index is 0.0416. The monoisotopic (exact) mass is 232 g/mol. The van der Waals surface area contributed by atoms with E-state index in [1.165, 1.54) is 0 Å². The number of halogens is 1. The highest BCUT2D eigenvalue weighted by molar-refractivity contribution is 5.73. The second-order valence-electron chi connectivity index (χ2n) is 4.39. The summed E-state index contributed by atoms with van der Waals surface area (Å²) in [5.41, 5.74) is 4.83. The third-order valence-corrected chi connectivity index (χ3v) is 3.20. The van der Waals surface area contributed by atoms with Crippen LogP contribution >= 0.6 is 0 Å². The highest BCUT2D eigenvalue weighted by Gasteiger charge is 2.43. The predicted molar refractivity (Wildman–Crippen MR) is 61.1 cm³/mol. The Balaban J connectivity index is 2.83. The van der Waals surface area contributed by atoms with Crippen molar-refractivity contribution in [2.45, 2.75) is 38.3 Å². The van der Waals surface area contributed by atoms with Crippen LogP contribution in [0.15, 0.2) is 4.99 Å². The molecule has 0 spiro atoms. The van der Waals surface area contributed by atoms with Gasteiger partial charge in [0.05, 0.1) is 5.54 Å². The maximum Gasteiger partial charge on any atom is 0.282 e. The first-order valence-corrected chi connectivity index (χ1v) is 5.64. The normalized spacial score (nSPS) is 34.4. The van der Waals surface area contributed by atoms with E-state index >= 15 is 0 Å². The molecule has 0 radical (unpaired) electrons. The van der Waals surface area contributed by atoms with E-state index in [1.807, 2.05) is 6.92 Å². The summed E-state index contributed by atoms with van der Waals surface area (Å²) in [6.45, 7) is 3.87. The molecule has 0 saturated heterocycles. The van der Waals surface area contributed by atoms with Gasteiger partial charge < -0.3 is 15.2 Å². The molecule has 0 aromatic rings. The number of ether oxygens (including phenoxy) is 2. The van der Waals surface area contributed by atoms with Gasteiger partial charge in [0, 0.05) is 26.1 Å². The Morgan fingerprint density at radius 2 is 2.31 bits per heavy atom. The third-order valence-electron chi connectivity index (χ3n) is 3.20. The summed E-state index contributed by atoms with van der Waals surface area (Å²) in [5, 5.41) is 0. The van der Waals surface area contributed by atoms with Crippen LogP contribution in [-0.4, -0.2) is 38.1 Å². The minimum Gasteiger partial charge on any atom is -0.462 e. The van der Waals surface area contributed by atoms with Crippen molar-refractivity contribution in [1.29, 1.82) is 0 Å². The van der Waals surface area contributed by atoms with Gasteiger partial charge in [-0.25, -0.2) is 9.38 Å². The van der Waals surface area contributed by atoms with Crippen molar-refractivity contribution < 1.29 is 13.9 Å². The van der Waals surface area contributed by atoms with E-state index in [0.29, 0.717) is 13.0 Å². The van der Waals surface area contributed by atoms with Crippen LogP contribution in [0.5, 0.6) is 0 Å². The van der Waals surface area contributed by atoms with Gasteiger partial charge in [0.15, 0.2) is 0 Å². The van der Waals surface area contributed by atoms with Crippen molar-refractivity contribution in [3.8, 4) is 0 Å². The lowest BCUT2D eigenvalue weighted by molar-refractivity contribution is 0.0150. The smallest absolute Gasteiger partial charge is 0.282 e. The van der Waals surface area contributed by atoms with Crippen molar-refractivity contribution >= 4 is 6.02 Å². The number of nitrogens with zero attached hydrogens (tertiary/aromatic N) is 1. The van der Waals surface area contributed by atoms with Gasteiger partial charge in [-0.3, -0.25) is 0 Å². The van der Waals surface area contributed by atoms with E-state index in [0.717, 1.165) is 6.42 Å². The first-order chi connectivity index (χ1) is 7.57. The van der Waals surface area contributed by atoms with Crippen LogP contribution in [-0.2, 0) is 9.47 Å². The Labute approximate surface area is 96.0 Å². The van der Waals surface area contributed by atoms with Gasteiger partial charge in [-0.05, 0) is 13.3 Å². The quantitative estimate of drug-likeness (QED) is 0.781. The molecular weight excluding hydrogens is 211 g/mol. The first kappa shape index (κ1) is 13.2. The molecule has 1 rings (SSSR count). The number of hydrogen-bond donors (Lipinski definition) is 1. The molecule has 0 saturated carbocycles. The lowest BCUT2D eigenvalue weighted by Crippen LogP contribution is -2.50. The molecule has 1 aliphatic rings. The van der Waals surface area contributed by atoms with Gasteiger partial charge >= 0.3 is 0 Å². The van der Waals surface area contributed by atoms with Crippen molar-refractivity contribution in [2.24, 2.45) is 16.6 Å². The van der Waals surface area contributed by atoms with Crippen molar-refractivity contribution in [3.05, 3.63) is 0 Å². The largest absolute Gasteiger partial charge is 0.462 e. The number of nitrogens with two attached hydrogens (primary N) is 1. The van der Waals surface area contributed by atoms with Gasteiger partial charge in [0.25, 0.3) is 6.02 Å². The Morgan fingerprint density at radius 3 is 2.81 bits per heavy atom. The number of hydrogen-bond acceptors (Lipinski definition) is 4. The number of methoxy groups -OCH3 is 1. The summed E-state index contributed by atoms with van der Waals surface area (Å²) >= 11 is 0. The molecule has 94 valence electrons. The zero-order chi connectivity index (χ0) is 12.2. The highest BCUT2D eigenvalue weighted by atomic mass is 19.1. The van der Waals surface area contributed by atoms with E-state index in [1.54, 1.807) is 14.0 Å². The van der Waals surface area contributed by atoms with Crippen LogP contribution in [0.3, 0.4) is 0 Å². The topological polar surface area (TPSA) is 56.8 Å². The Morgan fingerprint density at radius 1 is 1.62 bits per heavy atom.